The second-order valence-electron chi connectivity index (χ2n) is 2.80. The van der Waals surface area contributed by atoms with Crippen LogP contribution in [0.1, 0.15) is 12.5 Å². The smallest absolute Gasteiger partial charge is 0.133 e. The van der Waals surface area contributed by atoms with Gasteiger partial charge in [-0.25, -0.2) is 0 Å². The zero-order valence-corrected chi connectivity index (χ0v) is 10.1. The highest BCUT2D eigenvalue weighted by molar-refractivity contribution is 9.10. The van der Waals surface area contributed by atoms with Gasteiger partial charge in [-0.3, -0.25) is 0 Å². The molecule has 1 aromatic carbocycles. The number of ether oxygens (including phenoxy) is 2. The molecule has 3 nitrogen and oxygen atoms in total. The lowest BCUT2D eigenvalue weighted by Gasteiger charge is -2.07. The van der Waals surface area contributed by atoms with Crippen molar-refractivity contribution in [3.8, 4) is 11.8 Å². The van der Waals surface area contributed by atoms with Crippen LogP contribution in [0.4, 0.5) is 0 Å². The highest BCUT2D eigenvalue weighted by Gasteiger charge is 2.01. The average molecular weight is 270 g/mol. The third-order valence-corrected chi connectivity index (χ3v) is 2.37. The second-order valence-corrected chi connectivity index (χ2v) is 3.66. The fraction of sp³-hybridized carbons (Fsp3) is 0.364. The maximum Gasteiger partial charge on any atom is 0.133 e. The van der Waals surface area contributed by atoms with Gasteiger partial charge in [-0.15, -0.1) is 0 Å². The van der Waals surface area contributed by atoms with Gasteiger partial charge in [0.05, 0.1) is 22.7 Å². The molecule has 0 bridgehead atoms. The Labute approximate surface area is 97.7 Å². The average Bonchev–Trinajstić information content (AvgIpc) is 2.26. The molecule has 0 aliphatic carbocycles. The van der Waals surface area contributed by atoms with Crippen LogP contribution in [-0.2, 0) is 4.74 Å². The number of nitriles is 1. The Morgan fingerprint density at radius 2 is 2.20 bits per heavy atom. The Balaban J connectivity index is 2.52. The third-order valence-electron chi connectivity index (χ3n) is 1.75. The summed E-state index contributed by atoms with van der Waals surface area (Å²) in [5.74, 6) is 0.730. The van der Waals surface area contributed by atoms with Gasteiger partial charge in [0.25, 0.3) is 0 Å². The van der Waals surface area contributed by atoms with E-state index >= 15 is 0 Å². The topological polar surface area (TPSA) is 42.2 Å². The van der Waals surface area contributed by atoms with Gasteiger partial charge in [0.1, 0.15) is 12.4 Å². The maximum absolute atomic E-state index is 8.67. The van der Waals surface area contributed by atoms with Crippen LogP contribution in [0.2, 0.25) is 0 Å². The molecule has 0 heterocycles. The standard InChI is InChI=1S/C11H12BrNO2/c1-2-14-5-6-15-11-4-3-9(8-13)7-10(11)12/h3-4,7H,2,5-6H2,1H3. The van der Waals surface area contributed by atoms with E-state index in [2.05, 4.69) is 22.0 Å². The Morgan fingerprint density at radius 1 is 1.40 bits per heavy atom. The van der Waals surface area contributed by atoms with Crippen molar-refractivity contribution in [2.24, 2.45) is 0 Å². The van der Waals surface area contributed by atoms with Gasteiger partial charge in [0, 0.05) is 6.61 Å². The zero-order chi connectivity index (χ0) is 11.1. The molecule has 15 heavy (non-hydrogen) atoms. The van der Waals surface area contributed by atoms with E-state index < -0.39 is 0 Å². The second kappa shape index (κ2) is 6.44. The minimum absolute atomic E-state index is 0.512. The van der Waals surface area contributed by atoms with E-state index in [1.807, 2.05) is 6.92 Å². The summed E-state index contributed by atoms with van der Waals surface area (Å²) in [5, 5.41) is 8.67. The zero-order valence-electron chi connectivity index (χ0n) is 8.50. The molecule has 0 saturated heterocycles. The lowest BCUT2D eigenvalue weighted by atomic mass is 10.2. The minimum Gasteiger partial charge on any atom is -0.490 e. The van der Waals surface area contributed by atoms with Crippen LogP contribution in [0.15, 0.2) is 22.7 Å². The molecule has 0 radical (unpaired) electrons. The summed E-state index contributed by atoms with van der Waals surface area (Å²) >= 11 is 3.34. The van der Waals surface area contributed by atoms with Crippen LogP contribution in [0.5, 0.6) is 5.75 Å². The first kappa shape index (κ1) is 12.0. The first-order chi connectivity index (χ1) is 7.27. The fourth-order valence-corrected chi connectivity index (χ4v) is 1.54. The van der Waals surface area contributed by atoms with Crippen LogP contribution in [0.3, 0.4) is 0 Å². The van der Waals surface area contributed by atoms with Gasteiger partial charge < -0.3 is 9.47 Å². The number of benzene rings is 1. The van der Waals surface area contributed by atoms with Gasteiger partial charge in [0.2, 0.25) is 0 Å². The molecule has 0 spiro atoms. The van der Waals surface area contributed by atoms with Crippen molar-refractivity contribution >= 4 is 15.9 Å². The normalized spacial score (nSPS) is 9.67. The number of hydrogen-bond donors (Lipinski definition) is 0. The molecule has 0 aromatic heterocycles. The van der Waals surface area contributed by atoms with E-state index in [1.165, 1.54) is 0 Å². The summed E-state index contributed by atoms with van der Waals surface area (Å²) in [4.78, 5) is 0. The third kappa shape index (κ3) is 3.90. The Hall–Kier alpha value is -1.05. The molecule has 0 amide bonds. The molecule has 0 aliphatic rings. The lowest BCUT2D eigenvalue weighted by molar-refractivity contribution is 0.110. The summed E-state index contributed by atoms with van der Waals surface area (Å²) in [6.07, 6.45) is 0. The van der Waals surface area contributed by atoms with Crippen molar-refractivity contribution < 1.29 is 9.47 Å². The first-order valence-electron chi connectivity index (χ1n) is 4.68. The van der Waals surface area contributed by atoms with E-state index in [4.69, 9.17) is 14.7 Å². The van der Waals surface area contributed by atoms with Crippen molar-refractivity contribution in [3.05, 3.63) is 28.2 Å². The minimum atomic E-state index is 0.512. The largest absolute Gasteiger partial charge is 0.490 e. The van der Waals surface area contributed by atoms with E-state index in [0.29, 0.717) is 25.4 Å². The molecule has 0 N–H and O–H groups in total. The van der Waals surface area contributed by atoms with E-state index in [1.54, 1.807) is 18.2 Å². The molecular formula is C11H12BrNO2. The maximum atomic E-state index is 8.67. The molecule has 1 aromatic rings. The molecule has 80 valence electrons. The molecule has 0 fully saturated rings. The molecule has 0 saturated carbocycles. The summed E-state index contributed by atoms with van der Waals surface area (Å²) in [5.41, 5.74) is 0.610. The molecule has 0 atom stereocenters. The number of hydrogen-bond acceptors (Lipinski definition) is 3. The highest BCUT2D eigenvalue weighted by atomic mass is 79.9. The predicted molar refractivity (Wildman–Crippen MR) is 60.8 cm³/mol. The Bertz CT molecular complexity index is 360. The Morgan fingerprint density at radius 3 is 2.80 bits per heavy atom. The van der Waals surface area contributed by atoms with Crippen molar-refractivity contribution in [3.63, 3.8) is 0 Å². The van der Waals surface area contributed by atoms with E-state index in [9.17, 15) is 0 Å². The van der Waals surface area contributed by atoms with Gasteiger partial charge in [-0.1, -0.05) is 0 Å². The quantitative estimate of drug-likeness (QED) is 0.772. The first-order valence-corrected chi connectivity index (χ1v) is 5.47. The lowest BCUT2D eigenvalue weighted by Crippen LogP contribution is -2.06. The van der Waals surface area contributed by atoms with Gasteiger partial charge in [-0.05, 0) is 41.1 Å². The van der Waals surface area contributed by atoms with Crippen LogP contribution in [0, 0.1) is 11.3 Å². The monoisotopic (exact) mass is 269 g/mol. The van der Waals surface area contributed by atoms with Crippen molar-refractivity contribution in [1.29, 1.82) is 5.26 Å². The van der Waals surface area contributed by atoms with Crippen molar-refractivity contribution in [2.45, 2.75) is 6.92 Å². The SMILES string of the molecule is CCOCCOc1ccc(C#N)cc1Br. The molecular weight excluding hydrogens is 258 g/mol. The highest BCUT2D eigenvalue weighted by Crippen LogP contribution is 2.25. The summed E-state index contributed by atoms with van der Waals surface area (Å²) < 4.78 is 11.4. The molecule has 0 unspecified atom stereocenters. The van der Waals surface area contributed by atoms with Crippen LogP contribution >= 0.6 is 15.9 Å². The number of nitrogens with zero attached hydrogens (tertiary/aromatic N) is 1. The Kier molecular flexibility index (Phi) is 5.16. The van der Waals surface area contributed by atoms with Crippen molar-refractivity contribution in [2.75, 3.05) is 19.8 Å². The predicted octanol–water partition coefficient (Wildman–Crippen LogP) is 2.74. The van der Waals surface area contributed by atoms with Crippen LogP contribution in [-0.4, -0.2) is 19.8 Å². The van der Waals surface area contributed by atoms with E-state index in [0.717, 1.165) is 10.2 Å². The number of rotatable bonds is 5. The summed E-state index contributed by atoms with van der Waals surface area (Å²) in [6.45, 7) is 3.72. The van der Waals surface area contributed by atoms with Crippen molar-refractivity contribution in [1.82, 2.24) is 0 Å². The van der Waals surface area contributed by atoms with Crippen LogP contribution < -0.4 is 4.74 Å². The number of halogens is 1. The molecule has 4 heteroatoms. The van der Waals surface area contributed by atoms with Crippen LogP contribution in [0.25, 0.3) is 0 Å². The summed E-state index contributed by atoms with van der Waals surface area (Å²) in [6, 6.07) is 7.29. The fourth-order valence-electron chi connectivity index (χ4n) is 1.04. The molecule has 0 aliphatic heterocycles. The molecule has 1 rings (SSSR count). The summed E-state index contributed by atoms with van der Waals surface area (Å²) in [7, 11) is 0. The van der Waals surface area contributed by atoms with Gasteiger partial charge in [0.15, 0.2) is 0 Å². The van der Waals surface area contributed by atoms with Gasteiger partial charge in [-0.2, -0.15) is 5.26 Å². The van der Waals surface area contributed by atoms with E-state index in [-0.39, 0.29) is 0 Å². The van der Waals surface area contributed by atoms with Gasteiger partial charge >= 0.3 is 0 Å².